The zero-order valence-electron chi connectivity index (χ0n) is 18.3. The van der Waals surface area contributed by atoms with E-state index in [-0.39, 0.29) is 11.6 Å². The number of nitrogens with zero attached hydrogens (tertiary/aromatic N) is 8. The molecule has 4 aromatic rings. The van der Waals surface area contributed by atoms with E-state index in [0.717, 1.165) is 5.56 Å². The van der Waals surface area contributed by atoms with Gasteiger partial charge in [-0.15, -0.1) is 10.2 Å². The van der Waals surface area contributed by atoms with E-state index >= 15 is 0 Å². The number of aryl methyl sites for hydroxylation is 2. The number of β-amino-alcohol motifs (C(OH)–C–C–N with tert-alkyl or cyclic N) is 1. The number of carbonyl (C=O) groups excluding carboxylic acids is 1. The second kappa shape index (κ2) is 8.38. The highest BCUT2D eigenvalue weighted by Gasteiger charge is 2.30. The van der Waals surface area contributed by atoms with Crippen LogP contribution in [0.2, 0.25) is 0 Å². The molecule has 12 nitrogen and oxygen atoms in total. The van der Waals surface area contributed by atoms with Gasteiger partial charge in [-0.25, -0.2) is 9.97 Å². The topological polar surface area (TPSA) is 155 Å². The van der Waals surface area contributed by atoms with E-state index in [2.05, 4.69) is 30.5 Å². The van der Waals surface area contributed by atoms with Gasteiger partial charge in [-0.3, -0.25) is 4.79 Å². The molecule has 0 radical (unpaired) electrons. The number of rotatable bonds is 5. The van der Waals surface area contributed by atoms with Crippen molar-refractivity contribution < 1.29 is 14.6 Å². The molecule has 34 heavy (non-hydrogen) atoms. The Morgan fingerprint density at radius 2 is 2.09 bits per heavy atom. The van der Waals surface area contributed by atoms with Crippen LogP contribution in [-0.4, -0.2) is 64.8 Å². The summed E-state index contributed by atoms with van der Waals surface area (Å²) in [5.41, 5.74) is 3.00. The number of fused-ring (bicyclic) bond motifs is 1. The van der Waals surface area contributed by atoms with Crippen molar-refractivity contribution >= 4 is 28.6 Å². The Kier molecular flexibility index (Phi) is 5.23. The van der Waals surface area contributed by atoms with Crippen molar-refractivity contribution in [2.45, 2.75) is 13.0 Å². The summed E-state index contributed by atoms with van der Waals surface area (Å²) in [4.78, 5) is 26.8. The Hall–Kier alpha value is -4.63. The molecule has 1 aliphatic rings. The fraction of sp³-hybridized carbons (Fsp3) is 0.227. The minimum absolute atomic E-state index is 0.197. The van der Waals surface area contributed by atoms with Gasteiger partial charge in [-0.1, -0.05) is 0 Å². The largest absolute Gasteiger partial charge is 0.437 e. The maximum Gasteiger partial charge on any atom is 0.274 e. The van der Waals surface area contributed by atoms with Gasteiger partial charge in [-0.05, 0) is 30.7 Å². The van der Waals surface area contributed by atoms with Gasteiger partial charge >= 0.3 is 0 Å². The summed E-state index contributed by atoms with van der Waals surface area (Å²) >= 11 is 0. The van der Waals surface area contributed by atoms with Crippen molar-refractivity contribution in [2.75, 3.05) is 18.4 Å². The van der Waals surface area contributed by atoms with Crippen molar-refractivity contribution in [3.63, 3.8) is 0 Å². The third kappa shape index (κ3) is 3.96. The molecule has 0 bridgehead atoms. The summed E-state index contributed by atoms with van der Waals surface area (Å²) in [5.74, 6) is 0.894. The highest BCUT2D eigenvalue weighted by atomic mass is 16.5. The molecule has 12 heteroatoms. The van der Waals surface area contributed by atoms with Crippen LogP contribution >= 0.6 is 0 Å². The zero-order chi connectivity index (χ0) is 23.8. The van der Waals surface area contributed by atoms with E-state index in [9.17, 15) is 9.90 Å². The number of anilines is 2. The summed E-state index contributed by atoms with van der Waals surface area (Å²) in [6.45, 7) is 2.41. The van der Waals surface area contributed by atoms with Crippen molar-refractivity contribution in [3.8, 4) is 17.7 Å². The normalized spacial score (nSPS) is 13.4. The van der Waals surface area contributed by atoms with E-state index < -0.39 is 6.10 Å². The van der Waals surface area contributed by atoms with Crippen molar-refractivity contribution in [1.29, 1.82) is 5.26 Å². The van der Waals surface area contributed by atoms with Crippen LogP contribution in [0.5, 0.6) is 11.6 Å². The number of likely N-dealkylation sites (tertiary alicyclic amines) is 1. The third-order valence-electron chi connectivity index (χ3n) is 5.33. The van der Waals surface area contributed by atoms with Gasteiger partial charge in [0.1, 0.15) is 17.3 Å². The Morgan fingerprint density at radius 1 is 1.26 bits per heavy atom. The van der Waals surface area contributed by atoms with Gasteiger partial charge in [0.05, 0.1) is 24.3 Å². The summed E-state index contributed by atoms with van der Waals surface area (Å²) in [5, 5.41) is 29.7. The first-order valence-electron chi connectivity index (χ1n) is 10.4. The lowest BCUT2D eigenvalue weighted by atomic mass is 10.1. The Bertz CT molecular complexity index is 1440. The van der Waals surface area contributed by atoms with E-state index in [1.54, 1.807) is 35.2 Å². The minimum atomic E-state index is -0.481. The Labute approximate surface area is 193 Å². The van der Waals surface area contributed by atoms with E-state index in [4.69, 9.17) is 10.00 Å². The first-order chi connectivity index (χ1) is 16.4. The molecule has 0 saturated carbocycles. The Balaban J connectivity index is 1.42. The highest BCUT2D eigenvalue weighted by molar-refractivity contribution is 5.93. The number of ether oxygens (including phenoxy) is 1. The molecule has 1 amide bonds. The first kappa shape index (κ1) is 21.2. The lowest BCUT2D eigenvalue weighted by molar-refractivity contribution is 0.00543. The molecule has 170 valence electrons. The second-order valence-electron chi connectivity index (χ2n) is 7.88. The van der Waals surface area contributed by atoms with Gasteiger partial charge in [0.2, 0.25) is 5.88 Å². The van der Waals surface area contributed by atoms with E-state index in [1.165, 1.54) is 11.1 Å². The zero-order valence-corrected chi connectivity index (χ0v) is 18.3. The number of carbonyl (C=O) groups is 1. The number of aliphatic hydroxyl groups is 1. The summed E-state index contributed by atoms with van der Waals surface area (Å²) in [7, 11) is 1.82. The summed E-state index contributed by atoms with van der Waals surface area (Å²) in [6.07, 6.45) is 2.63. The molecule has 1 aliphatic heterocycles. The molecular weight excluding hydrogens is 438 g/mol. The van der Waals surface area contributed by atoms with Crippen LogP contribution in [0.15, 0.2) is 36.8 Å². The predicted molar refractivity (Wildman–Crippen MR) is 119 cm³/mol. The maximum absolute atomic E-state index is 12.3. The van der Waals surface area contributed by atoms with Crippen LogP contribution in [-0.2, 0) is 7.05 Å². The number of nitrogens with one attached hydrogen (secondary N) is 1. The molecule has 5 rings (SSSR count). The summed E-state index contributed by atoms with van der Waals surface area (Å²) in [6, 6.07) is 8.52. The number of aromatic nitrogens is 6. The average molecular weight is 457 g/mol. The van der Waals surface area contributed by atoms with Crippen LogP contribution < -0.4 is 10.1 Å². The van der Waals surface area contributed by atoms with E-state index in [1.807, 2.05) is 20.0 Å². The van der Waals surface area contributed by atoms with Crippen molar-refractivity contribution in [1.82, 2.24) is 34.6 Å². The van der Waals surface area contributed by atoms with Gasteiger partial charge in [-0.2, -0.15) is 10.2 Å². The quantitative estimate of drug-likeness (QED) is 0.452. The number of aliphatic hydroxyl groups excluding tert-OH is 1. The second-order valence-corrected chi connectivity index (χ2v) is 7.88. The van der Waals surface area contributed by atoms with Crippen LogP contribution in [0.3, 0.4) is 0 Å². The fourth-order valence-corrected chi connectivity index (χ4v) is 3.48. The van der Waals surface area contributed by atoms with Crippen LogP contribution in [0.4, 0.5) is 11.5 Å². The number of nitriles is 1. The lowest BCUT2D eigenvalue weighted by Crippen LogP contribution is -2.53. The molecular formula is C22H19N9O3. The number of hydrogen-bond donors (Lipinski definition) is 2. The van der Waals surface area contributed by atoms with Crippen molar-refractivity contribution in [3.05, 3.63) is 53.7 Å². The molecule has 4 aromatic heterocycles. The molecule has 0 unspecified atom stereocenters. The highest BCUT2D eigenvalue weighted by Crippen LogP contribution is 2.31. The van der Waals surface area contributed by atoms with Crippen LogP contribution in [0.1, 0.15) is 21.7 Å². The van der Waals surface area contributed by atoms with Gasteiger partial charge in [0, 0.05) is 26.2 Å². The molecule has 2 N–H and O–H groups in total. The third-order valence-corrected chi connectivity index (χ3v) is 5.33. The molecule has 0 atom stereocenters. The SMILES string of the molecule is Cc1cc(C#N)ncc1Oc1cc(Nc2ccc(C(=O)N3CC(O)C3)nn2)c2ncn(C)c2n1. The maximum atomic E-state index is 12.3. The number of hydrogen-bond acceptors (Lipinski definition) is 10. The monoisotopic (exact) mass is 457 g/mol. The van der Waals surface area contributed by atoms with Gasteiger partial charge < -0.3 is 24.6 Å². The number of pyridine rings is 2. The minimum Gasteiger partial charge on any atom is -0.437 e. The van der Waals surface area contributed by atoms with Gasteiger partial charge in [0.25, 0.3) is 5.91 Å². The number of amides is 1. The Morgan fingerprint density at radius 3 is 2.76 bits per heavy atom. The van der Waals surface area contributed by atoms with Crippen molar-refractivity contribution in [2.24, 2.45) is 7.05 Å². The average Bonchev–Trinajstić information content (AvgIpc) is 3.19. The predicted octanol–water partition coefficient (Wildman–Crippen LogP) is 1.69. The van der Waals surface area contributed by atoms with Gasteiger partial charge in [0.15, 0.2) is 22.9 Å². The van der Waals surface area contributed by atoms with Crippen LogP contribution in [0.25, 0.3) is 11.2 Å². The summed E-state index contributed by atoms with van der Waals surface area (Å²) < 4.78 is 7.71. The standard InChI is InChI=1S/C22H19N9O3/c1-12-5-13(7-23)24-8-17(12)34-19-6-16(20-21(27-19)30(2)11-25-20)26-18-4-3-15(28-29-18)22(33)31-9-14(32)10-31/h3-6,8,11,14,32H,9-10H2,1-2H3,(H,26,27,29). The molecule has 0 aliphatic carbocycles. The molecule has 5 heterocycles. The molecule has 1 saturated heterocycles. The molecule has 1 fully saturated rings. The smallest absolute Gasteiger partial charge is 0.274 e. The molecule has 0 aromatic carbocycles. The van der Waals surface area contributed by atoms with E-state index in [0.29, 0.717) is 53.1 Å². The lowest BCUT2D eigenvalue weighted by Gasteiger charge is -2.35. The van der Waals surface area contributed by atoms with Crippen LogP contribution in [0, 0.1) is 18.3 Å². The number of imidazole rings is 1. The first-order valence-corrected chi connectivity index (χ1v) is 10.4. The molecule has 0 spiro atoms. The fourth-order valence-electron chi connectivity index (χ4n) is 3.48.